The van der Waals surface area contributed by atoms with Crippen LogP contribution in [0.25, 0.3) is 22.9 Å². The molecule has 2 N–H and O–H groups in total. The molecule has 0 saturated heterocycles. The number of phenols is 2. The van der Waals surface area contributed by atoms with Crippen LogP contribution in [0.2, 0.25) is 0 Å². The lowest BCUT2D eigenvalue weighted by Gasteiger charge is -2.13. The second-order valence-corrected chi connectivity index (χ2v) is 7.80. The lowest BCUT2D eigenvalue weighted by atomic mass is 9.98. The molecule has 0 aliphatic carbocycles. The maximum absolute atomic E-state index is 12.7. The number of carbonyl (C=O) groups excluding carboxylic acids is 1. The van der Waals surface area contributed by atoms with Crippen molar-refractivity contribution >= 4 is 28.9 Å². The average Bonchev–Trinajstić information content (AvgIpc) is 2.81. The Labute approximate surface area is 192 Å². The highest BCUT2D eigenvalue weighted by Crippen LogP contribution is 2.27. The minimum Gasteiger partial charge on any atom is -0.508 e. The summed E-state index contributed by atoms with van der Waals surface area (Å²) in [6.45, 7) is 1.83. The summed E-state index contributed by atoms with van der Waals surface area (Å²) in [5.41, 5.74) is 2.44. The number of esters is 1. The first kappa shape index (κ1) is 22.0. The van der Waals surface area contributed by atoms with E-state index in [1.54, 1.807) is 37.5 Å². The van der Waals surface area contributed by atoms with Gasteiger partial charge in [-0.3, -0.25) is 4.79 Å². The van der Waals surface area contributed by atoms with Gasteiger partial charge in [0.25, 0.3) is 0 Å². The molecule has 166 valence electrons. The molecule has 0 heterocycles. The average molecular weight is 440 g/mol. The Balaban J connectivity index is 1.42. The third-order valence-electron chi connectivity index (χ3n) is 5.42. The molecule has 0 fully saturated rings. The van der Waals surface area contributed by atoms with Crippen LogP contribution in [-0.4, -0.2) is 23.3 Å². The Bertz CT molecular complexity index is 1300. The normalized spacial score (nSPS) is 12.1. The molecular formula is C28H24O5. The summed E-state index contributed by atoms with van der Waals surface area (Å²) >= 11 is 0. The van der Waals surface area contributed by atoms with E-state index >= 15 is 0 Å². The van der Waals surface area contributed by atoms with Gasteiger partial charge >= 0.3 is 5.97 Å². The van der Waals surface area contributed by atoms with E-state index in [0.29, 0.717) is 11.3 Å². The monoisotopic (exact) mass is 440 g/mol. The highest BCUT2D eigenvalue weighted by molar-refractivity contribution is 5.87. The number of carbonyl (C=O) groups is 1. The van der Waals surface area contributed by atoms with Crippen molar-refractivity contribution in [1.82, 2.24) is 0 Å². The van der Waals surface area contributed by atoms with Crippen LogP contribution in [0.3, 0.4) is 0 Å². The third kappa shape index (κ3) is 5.33. The van der Waals surface area contributed by atoms with E-state index in [4.69, 9.17) is 9.47 Å². The Morgan fingerprint density at radius 1 is 0.758 bits per heavy atom. The number of rotatable bonds is 6. The van der Waals surface area contributed by atoms with E-state index in [9.17, 15) is 15.0 Å². The highest BCUT2D eigenvalue weighted by atomic mass is 16.5. The molecule has 4 aromatic carbocycles. The summed E-state index contributed by atoms with van der Waals surface area (Å²) in [4.78, 5) is 12.7. The molecule has 4 aromatic rings. The van der Waals surface area contributed by atoms with Crippen molar-refractivity contribution in [2.24, 2.45) is 0 Å². The van der Waals surface area contributed by atoms with Crippen molar-refractivity contribution in [2.75, 3.05) is 7.11 Å². The highest BCUT2D eigenvalue weighted by Gasteiger charge is 2.18. The molecule has 0 aromatic heterocycles. The van der Waals surface area contributed by atoms with Crippen molar-refractivity contribution in [3.8, 4) is 23.0 Å². The van der Waals surface area contributed by atoms with Gasteiger partial charge in [0.05, 0.1) is 13.0 Å². The molecule has 0 amide bonds. The smallest absolute Gasteiger partial charge is 0.318 e. The molecule has 0 radical (unpaired) electrons. The number of ether oxygens (including phenoxy) is 2. The van der Waals surface area contributed by atoms with Gasteiger partial charge < -0.3 is 19.7 Å². The van der Waals surface area contributed by atoms with Gasteiger partial charge in [-0.2, -0.15) is 0 Å². The second kappa shape index (κ2) is 9.49. The van der Waals surface area contributed by atoms with Crippen molar-refractivity contribution in [3.63, 3.8) is 0 Å². The number of hydrogen-bond donors (Lipinski definition) is 2. The molecular weight excluding hydrogens is 416 g/mol. The van der Waals surface area contributed by atoms with E-state index in [-0.39, 0.29) is 17.5 Å². The van der Waals surface area contributed by atoms with E-state index in [1.165, 1.54) is 6.07 Å². The van der Waals surface area contributed by atoms with Crippen molar-refractivity contribution < 1.29 is 24.5 Å². The summed E-state index contributed by atoms with van der Waals surface area (Å²) in [7, 11) is 1.64. The molecule has 0 spiro atoms. The standard InChI is InChI=1S/C28H24O5/c1-18(21-7-8-23-16-27(32-2)12-9-22(23)15-21)28(31)33-26-10-5-19(6-11-26)3-4-20-13-24(29)17-25(30)14-20/h3-18,29-30H,1-2H3/b4-3+/t18-/m0/s1. The summed E-state index contributed by atoms with van der Waals surface area (Å²) in [6.07, 6.45) is 3.62. The summed E-state index contributed by atoms with van der Waals surface area (Å²) in [6, 6.07) is 23.2. The topological polar surface area (TPSA) is 76.0 Å². The van der Waals surface area contributed by atoms with Crippen LogP contribution in [0.1, 0.15) is 29.5 Å². The molecule has 0 aliphatic heterocycles. The Morgan fingerprint density at radius 2 is 1.36 bits per heavy atom. The molecule has 0 unspecified atom stereocenters. The molecule has 4 rings (SSSR count). The van der Waals surface area contributed by atoms with Gasteiger partial charge in [0, 0.05) is 6.07 Å². The van der Waals surface area contributed by atoms with Gasteiger partial charge in [0.15, 0.2) is 0 Å². The fourth-order valence-corrected chi connectivity index (χ4v) is 3.53. The zero-order valence-corrected chi connectivity index (χ0v) is 18.4. The molecule has 5 nitrogen and oxygen atoms in total. The summed E-state index contributed by atoms with van der Waals surface area (Å²) < 4.78 is 10.8. The molecule has 0 bridgehead atoms. The van der Waals surface area contributed by atoms with E-state index < -0.39 is 5.92 Å². The largest absolute Gasteiger partial charge is 0.508 e. The maximum atomic E-state index is 12.7. The zero-order chi connectivity index (χ0) is 23.4. The van der Waals surface area contributed by atoms with Crippen molar-refractivity contribution in [1.29, 1.82) is 0 Å². The first-order chi connectivity index (χ1) is 15.9. The molecule has 0 aliphatic rings. The maximum Gasteiger partial charge on any atom is 0.318 e. The molecule has 5 heteroatoms. The lowest BCUT2D eigenvalue weighted by Crippen LogP contribution is -2.16. The predicted molar refractivity (Wildman–Crippen MR) is 130 cm³/mol. The minimum absolute atomic E-state index is 0.00262. The number of methoxy groups -OCH3 is 1. The van der Waals surface area contributed by atoms with E-state index in [2.05, 4.69) is 0 Å². The van der Waals surface area contributed by atoms with Gasteiger partial charge in [-0.1, -0.05) is 48.6 Å². The Kier molecular flexibility index (Phi) is 6.31. The summed E-state index contributed by atoms with van der Waals surface area (Å²) in [5, 5.41) is 21.2. The van der Waals surface area contributed by atoms with Crippen molar-refractivity contribution in [2.45, 2.75) is 12.8 Å². The Morgan fingerprint density at radius 3 is 2.06 bits per heavy atom. The predicted octanol–water partition coefficient (Wildman–Crippen LogP) is 6.14. The number of benzene rings is 4. The number of hydrogen-bond acceptors (Lipinski definition) is 5. The third-order valence-corrected chi connectivity index (χ3v) is 5.42. The molecule has 1 atom stereocenters. The molecule has 33 heavy (non-hydrogen) atoms. The fraction of sp³-hybridized carbons (Fsp3) is 0.107. The van der Waals surface area contributed by atoms with Crippen LogP contribution in [0, 0.1) is 0 Å². The van der Waals surface area contributed by atoms with Gasteiger partial charge in [-0.15, -0.1) is 0 Å². The van der Waals surface area contributed by atoms with E-state index in [1.807, 2.05) is 61.5 Å². The van der Waals surface area contributed by atoms with Crippen LogP contribution in [0.4, 0.5) is 0 Å². The lowest BCUT2D eigenvalue weighted by molar-refractivity contribution is -0.135. The van der Waals surface area contributed by atoms with Gasteiger partial charge in [0.2, 0.25) is 0 Å². The van der Waals surface area contributed by atoms with Crippen LogP contribution < -0.4 is 9.47 Å². The molecule has 0 saturated carbocycles. The minimum atomic E-state index is -0.422. The number of fused-ring (bicyclic) bond motifs is 1. The summed E-state index contributed by atoms with van der Waals surface area (Å²) in [5.74, 6) is 0.496. The van der Waals surface area contributed by atoms with Crippen LogP contribution in [0.15, 0.2) is 78.9 Å². The SMILES string of the molecule is COc1ccc2cc([C@H](C)C(=O)Oc3ccc(/C=C/c4cc(O)cc(O)c4)cc3)ccc2c1. The Hall–Kier alpha value is -4.25. The first-order valence-corrected chi connectivity index (χ1v) is 10.5. The van der Waals surface area contributed by atoms with Gasteiger partial charge in [0.1, 0.15) is 23.0 Å². The fourth-order valence-electron chi connectivity index (χ4n) is 3.53. The van der Waals surface area contributed by atoms with Crippen LogP contribution in [0.5, 0.6) is 23.0 Å². The zero-order valence-electron chi connectivity index (χ0n) is 18.4. The van der Waals surface area contributed by atoms with Gasteiger partial charge in [-0.05, 0) is 70.8 Å². The van der Waals surface area contributed by atoms with E-state index in [0.717, 1.165) is 27.6 Å². The first-order valence-electron chi connectivity index (χ1n) is 10.5. The van der Waals surface area contributed by atoms with Crippen LogP contribution in [-0.2, 0) is 4.79 Å². The number of aromatic hydroxyl groups is 2. The second-order valence-electron chi connectivity index (χ2n) is 7.80. The van der Waals surface area contributed by atoms with Gasteiger partial charge in [-0.25, -0.2) is 0 Å². The quantitative estimate of drug-likeness (QED) is 0.214. The number of phenolic OH excluding ortho intramolecular Hbond substituents is 2. The van der Waals surface area contributed by atoms with Crippen molar-refractivity contribution in [3.05, 3.63) is 95.6 Å². The van der Waals surface area contributed by atoms with Crippen LogP contribution >= 0.6 is 0 Å².